The van der Waals surface area contributed by atoms with E-state index in [0.717, 1.165) is 53.9 Å². The maximum atomic E-state index is 12.6. The topological polar surface area (TPSA) is 74.0 Å². The molecular weight excluding hydrogens is 446 g/mol. The highest BCUT2D eigenvalue weighted by Crippen LogP contribution is 2.32. The number of carbonyl (C=O) groups excluding carboxylic acids is 1. The molecule has 36 heavy (non-hydrogen) atoms. The van der Waals surface area contributed by atoms with Gasteiger partial charge in [0.15, 0.2) is 0 Å². The second kappa shape index (κ2) is 12.0. The van der Waals surface area contributed by atoms with E-state index in [1.165, 1.54) is 11.1 Å². The Labute approximate surface area is 212 Å². The van der Waals surface area contributed by atoms with Crippen molar-refractivity contribution in [3.05, 3.63) is 107 Å². The zero-order valence-electron chi connectivity index (χ0n) is 20.8. The zero-order chi connectivity index (χ0) is 25.3. The van der Waals surface area contributed by atoms with Crippen molar-refractivity contribution in [3.63, 3.8) is 0 Å². The number of rotatable bonds is 6. The third-order valence-electron chi connectivity index (χ3n) is 6.26. The number of carbonyl (C=O) groups is 1. The van der Waals surface area contributed by atoms with Crippen molar-refractivity contribution in [2.45, 2.75) is 19.3 Å². The van der Waals surface area contributed by atoms with Crippen LogP contribution >= 0.6 is 0 Å². The summed E-state index contributed by atoms with van der Waals surface area (Å²) in [4.78, 5) is 14.6. The molecule has 6 nitrogen and oxygen atoms in total. The molecule has 0 saturated carbocycles. The Morgan fingerprint density at radius 1 is 1.03 bits per heavy atom. The number of nitrogens with one attached hydrogen (secondary N) is 1. The maximum absolute atomic E-state index is 12.6. The molecule has 0 radical (unpaired) electrons. The van der Waals surface area contributed by atoms with Gasteiger partial charge in [0.05, 0.1) is 24.3 Å². The number of aryl methyl sites for hydroxylation is 1. The number of nitriles is 1. The van der Waals surface area contributed by atoms with Gasteiger partial charge in [-0.3, -0.25) is 9.48 Å². The second-order valence-electron chi connectivity index (χ2n) is 8.87. The molecule has 1 amide bonds. The Bertz CT molecular complexity index is 1340. The van der Waals surface area contributed by atoms with Crippen LogP contribution in [0.4, 0.5) is 5.69 Å². The average molecular weight is 478 g/mol. The molecule has 0 spiro atoms. The molecule has 2 heterocycles. The van der Waals surface area contributed by atoms with E-state index < -0.39 is 0 Å². The lowest BCUT2D eigenvalue weighted by molar-refractivity contribution is -0.117. The van der Waals surface area contributed by atoms with E-state index in [1.54, 1.807) is 4.68 Å². The van der Waals surface area contributed by atoms with Crippen LogP contribution in [0.5, 0.6) is 0 Å². The van der Waals surface area contributed by atoms with Gasteiger partial charge in [-0.1, -0.05) is 48.5 Å². The SMILES string of the molecule is CNCCc1ccc(C#N)cc1.Cn1cc(-c2ccc3c(c2)CCN3C(=O)Cc2ccccc2)cn1. The van der Waals surface area contributed by atoms with Crippen LogP contribution in [0.2, 0.25) is 0 Å². The number of amides is 1. The van der Waals surface area contributed by atoms with Gasteiger partial charge in [-0.05, 0) is 73.0 Å². The first-order valence-electron chi connectivity index (χ1n) is 12.2. The Hall–Kier alpha value is -4.21. The van der Waals surface area contributed by atoms with Gasteiger partial charge in [0, 0.05) is 31.0 Å². The van der Waals surface area contributed by atoms with Crippen LogP contribution in [0.25, 0.3) is 11.1 Å². The number of benzene rings is 3. The van der Waals surface area contributed by atoms with Crippen molar-refractivity contribution in [1.82, 2.24) is 15.1 Å². The van der Waals surface area contributed by atoms with E-state index in [4.69, 9.17) is 5.26 Å². The number of hydrogen-bond donors (Lipinski definition) is 1. The molecule has 6 heteroatoms. The summed E-state index contributed by atoms with van der Waals surface area (Å²) < 4.78 is 1.80. The fraction of sp³-hybridized carbons (Fsp3) is 0.233. The van der Waals surface area contributed by atoms with E-state index in [1.807, 2.05) is 86.0 Å². The van der Waals surface area contributed by atoms with Crippen LogP contribution in [0.3, 0.4) is 0 Å². The van der Waals surface area contributed by atoms with Gasteiger partial charge >= 0.3 is 0 Å². The lowest BCUT2D eigenvalue weighted by atomic mass is 10.0. The molecule has 4 aromatic rings. The summed E-state index contributed by atoms with van der Waals surface area (Å²) in [5.74, 6) is 0.161. The fourth-order valence-corrected chi connectivity index (χ4v) is 4.29. The van der Waals surface area contributed by atoms with Crippen LogP contribution in [0, 0.1) is 11.3 Å². The molecule has 3 aromatic carbocycles. The van der Waals surface area contributed by atoms with Gasteiger partial charge in [-0.2, -0.15) is 10.4 Å². The van der Waals surface area contributed by atoms with Crippen LogP contribution in [0.15, 0.2) is 85.2 Å². The van der Waals surface area contributed by atoms with Gasteiger partial charge in [0.2, 0.25) is 5.91 Å². The molecule has 5 rings (SSSR count). The summed E-state index contributed by atoms with van der Waals surface area (Å²) >= 11 is 0. The van der Waals surface area contributed by atoms with Crippen molar-refractivity contribution >= 4 is 11.6 Å². The normalized spacial score (nSPS) is 11.9. The van der Waals surface area contributed by atoms with Crippen LogP contribution in [-0.2, 0) is 31.1 Å². The summed E-state index contributed by atoms with van der Waals surface area (Å²) in [6, 6.07) is 26.0. The monoisotopic (exact) mass is 477 g/mol. The van der Waals surface area contributed by atoms with Crippen molar-refractivity contribution < 1.29 is 4.79 Å². The molecule has 1 N–H and O–H groups in total. The first kappa shape index (κ1) is 24.9. The molecule has 0 aliphatic carbocycles. The molecule has 182 valence electrons. The molecule has 1 aliphatic heterocycles. The Morgan fingerprint density at radius 2 is 1.81 bits per heavy atom. The molecule has 0 atom stereocenters. The number of likely N-dealkylation sites (N-methyl/N-ethyl adjacent to an activating group) is 1. The smallest absolute Gasteiger partial charge is 0.231 e. The highest BCUT2D eigenvalue weighted by molar-refractivity contribution is 5.97. The van der Waals surface area contributed by atoms with Crippen molar-refractivity contribution in [3.8, 4) is 17.2 Å². The second-order valence-corrected chi connectivity index (χ2v) is 8.87. The van der Waals surface area contributed by atoms with E-state index in [9.17, 15) is 4.79 Å². The first-order chi connectivity index (χ1) is 17.6. The largest absolute Gasteiger partial charge is 0.319 e. The van der Waals surface area contributed by atoms with Crippen LogP contribution < -0.4 is 10.2 Å². The first-order valence-corrected chi connectivity index (χ1v) is 12.2. The van der Waals surface area contributed by atoms with E-state index in [2.05, 4.69) is 34.7 Å². The quantitative estimate of drug-likeness (QED) is 0.443. The number of fused-ring (bicyclic) bond motifs is 1. The maximum Gasteiger partial charge on any atom is 0.231 e. The van der Waals surface area contributed by atoms with Crippen molar-refractivity contribution in [1.29, 1.82) is 5.26 Å². The van der Waals surface area contributed by atoms with Gasteiger partial charge in [0.25, 0.3) is 0 Å². The predicted molar refractivity (Wildman–Crippen MR) is 144 cm³/mol. The minimum absolute atomic E-state index is 0.161. The van der Waals surface area contributed by atoms with Gasteiger partial charge < -0.3 is 10.2 Å². The van der Waals surface area contributed by atoms with E-state index >= 15 is 0 Å². The van der Waals surface area contributed by atoms with E-state index in [0.29, 0.717) is 6.42 Å². The summed E-state index contributed by atoms with van der Waals surface area (Å²) in [6.07, 6.45) is 6.25. The van der Waals surface area contributed by atoms with Gasteiger partial charge in [-0.25, -0.2) is 0 Å². The molecule has 1 aliphatic rings. The van der Waals surface area contributed by atoms with Crippen LogP contribution in [0.1, 0.15) is 22.3 Å². The number of hydrogen-bond acceptors (Lipinski definition) is 4. The highest BCUT2D eigenvalue weighted by atomic mass is 16.2. The lowest BCUT2D eigenvalue weighted by Gasteiger charge is -2.17. The number of aromatic nitrogens is 2. The third-order valence-corrected chi connectivity index (χ3v) is 6.26. The Kier molecular flexibility index (Phi) is 8.28. The summed E-state index contributed by atoms with van der Waals surface area (Å²) in [7, 11) is 3.85. The highest BCUT2D eigenvalue weighted by Gasteiger charge is 2.25. The van der Waals surface area contributed by atoms with E-state index in [-0.39, 0.29) is 5.91 Å². The van der Waals surface area contributed by atoms with Crippen LogP contribution in [-0.4, -0.2) is 35.8 Å². The molecular formula is C30H31N5O. The summed E-state index contributed by atoms with van der Waals surface area (Å²) in [5, 5.41) is 15.9. The Morgan fingerprint density at radius 3 is 2.47 bits per heavy atom. The zero-order valence-corrected chi connectivity index (χ0v) is 20.8. The standard InChI is InChI=1S/C20H19N3O.C10H12N2/c1-22-14-18(13-21-22)16-7-8-19-17(12-16)9-10-23(19)20(24)11-15-5-3-2-4-6-15;1-12-7-6-9-2-4-10(8-11)5-3-9/h2-8,12-14H,9-11H2,1H3;2-5,12H,6-7H2,1H3. The van der Waals surface area contributed by atoms with Gasteiger partial charge in [-0.15, -0.1) is 0 Å². The fourth-order valence-electron chi connectivity index (χ4n) is 4.29. The minimum atomic E-state index is 0.161. The molecule has 0 saturated heterocycles. The lowest BCUT2D eigenvalue weighted by Crippen LogP contribution is -2.30. The number of anilines is 1. The van der Waals surface area contributed by atoms with Crippen molar-refractivity contribution in [2.24, 2.45) is 7.05 Å². The average Bonchev–Trinajstić information content (AvgIpc) is 3.54. The summed E-state index contributed by atoms with van der Waals surface area (Å²) in [5.41, 5.74) is 7.59. The van der Waals surface area contributed by atoms with Crippen molar-refractivity contribution in [2.75, 3.05) is 25.0 Å². The molecule has 0 bridgehead atoms. The molecule has 1 aromatic heterocycles. The predicted octanol–water partition coefficient (Wildman–Crippen LogP) is 4.54. The molecule has 0 unspecified atom stereocenters. The Balaban J connectivity index is 0.000000214. The number of nitrogens with zero attached hydrogens (tertiary/aromatic N) is 4. The molecule has 0 fully saturated rings. The summed E-state index contributed by atoms with van der Waals surface area (Å²) in [6.45, 7) is 1.74. The third kappa shape index (κ3) is 6.26. The van der Waals surface area contributed by atoms with Gasteiger partial charge in [0.1, 0.15) is 0 Å². The minimum Gasteiger partial charge on any atom is -0.319 e.